The third-order valence-corrected chi connectivity index (χ3v) is 3.63. The van der Waals surface area contributed by atoms with Crippen molar-refractivity contribution in [2.24, 2.45) is 5.84 Å². The minimum atomic E-state index is 0.156. The summed E-state index contributed by atoms with van der Waals surface area (Å²) in [5.74, 6) is 6.63. The van der Waals surface area contributed by atoms with Crippen molar-refractivity contribution >= 4 is 28.9 Å². The van der Waals surface area contributed by atoms with Gasteiger partial charge in [-0.15, -0.1) is 11.3 Å². The van der Waals surface area contributed by atoms with Gasteiger partial charge in [-0.2, -0.15) is 9.97 Å². The Balaban J connectivity index is 2.16. The second-order valence-electron chi connectivity index (χ2n) is 3.96. The number of aryl methyl sites for hydroxylation is 1. The standard InChI is InChI=1S/C11H16N6S/c1-6-3-4-8(18-6)7(2)14-9-5-10(17-13)16-11(12)15-9/h3-5,7H,13H2,1-2H3,(H4,12,14,15,16,17). The van der Waals surface area contributed by atoms with Crippen molar-refractivity contribution < 1.29 is 0 Å². The van der Waals surface area contributed by atoms with Crippen molar-refractivity contribution in [2.75, 3.05) is 16.5 Å². The van der Waals surface area contributed by atoms with Crippen LogP contribution in [0.1, 0.15) is 22.7 Å². The number of nitrogens with zero attached hydrogens (tertiary/aromatic N) is 2. The summed E-state index contributed by atoms with van der Waals surface area (Å²) in [7, 11) is 0. The molecule has 0 aromatic carbocycles. The van der Waals surface area contributed by atoms with Crippen molar-refractivity contribution in [1.29, 1.82) is 0 Å². The van der Waals surface area contributed by atoms with E-state index in [0.29, 0.717) is 11.6 Å². The number of hydrogen-bond donors (Lipinski definition) is 4. The first-order chi connectivity index (χ1) is 8.58. The van der Waals surface area contributed by atoms with Gasteiger partial charge in [0.15, 0.2) is 0 Å². The summed E-state index contributed by atoms with van der Waals surface area (Å²) in [6.45, 7) is 4.15. The lowest BCUT2D eigenvalue weighted by molar-refractivity contribution is 0.894. The zero-order valence-electron chi connectivity index (χ0n) is 10.3. The van der Waals surface area contributed by atoms with E-state index in [1.165, 1.54) is 9.75 Å². The van der Waals surface area contributed by atoms with Crippen LogP contribution in [-0.2, 0) is 0 Å². The normalized spacial score (nSPS) is 12.2. The van der Waals surface area contributed by atoms with Crippen molar-refractivity contribution in [2.45, 2.75) is 19.9 Å². The number of anilines is 3. The minimum Gasteiger partial charge on any atom is -0.368 e. The van der Waals surface area contributed by atoms with Crippen LogP contribution in [-0.4, -0.2) is 9.97 Å². The Kier molecular flexibility index (Phi) is 3.63. The average Bonchev–Trinajstić information content (AvgIpc) is 2.75. The number of nitrogens with one attached hydrogen (secondary N) is 2. The number of rotatable bonds is 4. The van der Waals surface area contributed by atoms with Crippen LogP contribution in [0.3, 0.4) is 0 Å². The maximum atomic E-state index is 5.60. The first-order valence-electron chi connectivity index (χ1n) is 5.52. The third kappa shape index (κ3) is 2.88. The van der Waals surface area contributed by atoms with Crippen LogP contribution in [0.15, 0.2) is 18.2 Å². The van der Waals surface area contributed by atoms with Crippen molar-refractivity contribution in [3.8, 4) is 0 Å². The molecule has 6 N–H and O–H groups in total. The van der Waals surface area contributed by atoms with Crippen LogP contribution < -0.4 is 22.3 Å². The maximum Gasteiger partial charge on any atom is 0.223 e. The second-order valence-corrected chi connectivity index (χ2v) is 5.27. The summed E-state index contributed by atoms with van der Waals surface area (Å²) < 4.78 is 0. The zero-order chi connectivity index (χ0) is 13.1. The van der Waals surface area contributed by atoms with Gasteiger partial charge in [0.05, 0.1) is 6.04 Å². The summed E-state index contributed by atoms with van der Waals surface area (Å²) >= 11 is 1.75. The van der Waals surface area contributed by atoms with Crippen LogP contribution >= 0.6 is 11.3 Å². The summed E-state index contributed by atoms with van der Waals surface area (Å²) in [4.78, 5) is 10.6. The molecule has 2 aromatic rings. The van der Waals surface area contributed by atoms with Gasteiger partial charge >= 0.3 is 0 Å². The molecule has 0 amide bonds. The van der Waals surface area contributed by atoms with Crippen LogP contribution in [0.4, 0.5) is 17.6 Å². The van der Waals surface area contributed by atoms with Gasteiger partial charge < -0.3 is 16.5 Å². The van der Waals surface area contributed by atoms with Crippen LogP contribution in [0.25, 0.3) is 0 Å². The van der Waals surface area contributed by atoms with E-state index in [2.05, 4.69) is 46.7 Å². The molecule has 0 aliphatic rings. The molecule has 6 nitrogen and oxygen atoms in total. The largest absolute Gasteiger partial charge is 0.368 e. The van der Waals surface area contributed by atoms with Crippen LogP contribution in [0, 0.1) is 6.92 Å². The van der Waals surface area contributed by atoms with E-state index in [1.807, 2.05) is 0 Å². The van der Waals surface area contributed by atoms with E-state index < -0.39 is 0 Å². The minimum absolute atomic E-state index is 0.156. The number of hydrogen-bond acceptors (Lipinski definition) is 7. The molecule has 0 aliphatic carbocycles. The van der Waals surface area contributed by atoms with Gasteiger partial charge in [0.25, 0.3) is 0 Å². The monoisotopic (exact) mass is 264 g/mol. The highest BCUT2D eigenvalue weighted by molar-refractivity contribution is 7.12. The SMILES string of the molecule is Cc1ccc(C(C)Nc2cc(NN)nc(N)n2)s1. The Morgan fingerprint density at radius 3 is 2.61 bits per heavy atom. The molecule has 2 aromatic heterocycles. The van der Waals surface area contributed by atoms with E-state index in [1.54, 1.807) is 17.4 Å². The quantitative estimate of drug-likeness (QED) is 0.497. The molecule has 7 heteroatoms. The van der Waals surface area contributed by atoms with Crippen molar-refractivity contribution in [1.82, 2.24) is 9.97 Å². The Morgan fingerprint density at radius 1 is 1.28 bits per heavy atom. The van der Waals surface area contributed by atoms with Crippen LogP contribution in [0.5, 0.6) is 0 Å². The fraction of sp³-hybridized carbons (Fsp3) is 0.273. The Labute approximate surface area is 109 Å². The lowest BCUT2D eigenvalue weighted by Gasteiger charge is -2.13. The molecule has 96 valence electrons. The predicted molar refractivity (Wildman–Crippen MR) is 75.3 cm³/mol. The first kappa shape index (κ1) is 12.6. The first-order valence-corrected chi connectivity index (χ1v) is 6.34. The third-order valence-electron chi connectivity index (χ3n) is 2.44. The van der Waals surface area contributed by atoms with E-state index in [0.717, 1.165) is 0 Å². The summed E-state index contributed by atoms with van der Waals surface area (Å²) in [6.07, 6.45) is 0. The van der Waals surface area contributed by atoms with E-state index in [-0.39, 0.29) is 12.0 Å². The molecule has 0 radical (unpaired) electrons. The highest BCUT2D eigenvalue weighted by Gasteiger charge is 2.09. The number of nitrogen functional groups attached to an aromatic ring is 2. The fourth-order valence-corrected chi connectivity index (χ4v) is 2.47. The van der Waals surface area contributed by atoms with Gasteiger partial charge in [-0.25, -0.2) is 5.84 Å². The van der Waals surface area contributed by atoms with Crippen LogP contribution in [0.2, 0.25) is 0 Å². The predicted octanol–water partition coefficient (Wildman–Crippen LogP) is 1.89. The molecule has 18 heavy (non-hydrogen) atoms. The molecule has 0 aliphatic heterocycles. The second kappa shape index (κ2) is 5.19. The Bertz CT molecular complexity index is 538. The molecule has 1 atom stereocenters. The molecule has 0 saturated heterocycles. The molecule has 0 saturated carbocycles. The number of aromatic nitrogens is 2. The number of thiophene rings is 1. The highest BCUT2D eigenvalue weighted by atomic mass is 32.1. The molecule has 1 unspecified atom stereocenters. The van der Waals surface area contributed by atoms with Gasteiger partial charge in [-0.1, -0.05) is 0 Å². The van der Waals surface area contributed by atoms with E-state index >= 15 is 0 Å². The van der Waals surface area contributed by atoms with Crippen molar-refractivity contribution in [3.63, 3.8) is 0 Å². The fourth-order valence-electron chi connectivity index (χ4n) is 1.59. The van der Waals surface area contributed by atoms with Gasteiger partial charge in [0.2, 0.25) is 5.95 Å². The Hall–Kier alpha value is -1.86. The molecular weight excluding hydrogens is 248 g/mol. The van der Waals surface area contributed by atoms with Gasteiger partial charge in [0.1, 0.15) is 11.6 Å². The maximum absolute atomic E-state index is 5.60. The molecular formula is C11H16N6S. The smallest absolute Gasteiger partial charge is 0.223 e. The molecule has 0 bridgehead atoms. The topological polar surface area (TPSA) is 102 Å². The van der Waals surface area contributed by atoms with Gasteiger partial charge in [-0.3, -0.25) is 0 Å². The van der Waals surface area contributed by atoms with Gasteiger partial charge in [0, 0.05) is 15.8 Å². The van der Waals surface area contributed by atoms with E-state index in [4.69, 9.17) is 11.6 Å². The van der Waals surface area contributed by atoms with Crippen molar-refractivity contribution in [3.05, 3.63) is 28.0 Å². The van der Waals surface area contributed by atoms with E-state index in [9.17, 15) is 0 Å². The molecule has 0 fully saturated rings. The van der Waals surface area contributed by atoms with Gasteiger partial charge in [-0.05, 0) is 26.0 Å². The molecule has 0 spiro atoms. The lowest BCUT2D eigenvalue weighted by Crippen LogP contribution is -2.13. The average molecular weight is 264 g/mol. The summed E-state index contributed by atoms with van der Waals surface area (Å²) in [6, 6.07) is 6.07. The summed E-state index contributed by atoms with van der Waals surface area (Å²) in [5.41, 5.74) is 8.06. The highest BCUT2D eigenvalue weighted by Crippen LogP contribution is 2.25. The lowest BCUT2D eigenvalue weighted by atomic mass is 10.2. The molecule has 2 heterocycles. The zero-order valence-corrected chi connectivity index (χ0v) is 11.1. The Morgan fingerprint density at radius 2 is 2.00 bits per heavy atom. The summed E-state index contributed by atoms with van der Waals surface area (Å²) in [5, 5.41) is 3.27. The molecule has 2 rings (SSSR count). The number of hydrazine groups is 1. The number of nitrogens with two attached hydrogens (primary N) is 2.